The van der Waals surface area contributed by atoms with Gasteiger partial charge in [0.05, 0.1) is 0 Å². The number of halogens is 1. The quantitative estimate of drug-likeness (QED) is 0.482. The normalized spacial score (nSPS) is 9.18. The van der Waals surface area contributed by atoms with Gasteiger partial charge in [-0.2, -0.15) is 0 Å². The van der Waals surface area contributed by atoms with Crippen LogP contribution in [0.3, 0.4) is 0 Å². The van der Waals surface area contributed by atoms with E-state index in [1.54, 1.807) is 0 Å². The Morgan fingerprint density at radius 3 is 2.73 bits per heavy atom. The van der Waals surface area contributed by atoms with E-state index in [-0.39, 0.29) is 11.3 Å². The van der Waals surface area contributed by atoms with Crippen molar-refractivity contribution in [2.24, 2.45) is 5.18 Å². The minimum Gasteiger partial charge on any atom is -0.298 e. The molecule has 0 atom stereocenters. The van der Waals surface area contributed by atoms with Gasteiger partial charge < -0.3 is 0 Å². The van der Waals surface area contributed by atoms with Gasteiger partial charge in [-0.3, -0.25) is 4.79 Å². The first kappa shape index (κ1) is 7.53. The molecule has 0 spiro atoms. The molecule has 0 amide bonds. The average Bonchev–Trinajstić information content (AvgIpc) is 2.04. The van der Waals surface area contributed by atoms with Crippen molar-refractivity contribution in [1.29, 1.82) is 0 Å². The van der Waals surface area contributed by atoms with E-state index in [9.17, 15) is 14.1 Å². The summed E-state index contributed by atoms with van der Waals surface area (Å²) >= 11 is 0. The molecule has 0 aliphatic heterocycles. The van der Waals surface area contributed by atoms with Crippen LogP contribution >= 0.6 is 0 Å². The third-order valence-corrected chi connectivity index (χ3v) is 1.21. The highest BCUT2D eigenvalue weighted by Gasteiger charge is 2.01. The molecule has 0 heterocycles. The van der Waals surface area contributed by atoms with Crippen LogP contribution in [-0.4, -0.2) is 6.29 Å². The van der Waals surface area contributed by atoms with Crippen LogP contribution in [0, 0.1) is 10.7 Å². The van der Waals surface area contributed by atoms with E-state index in [1.807, 2.05) is 0 Å². The number of carbonyl (C=O) groups is 1. The largest absolute Gasteiger partial charge is 0.298 e. The summed E-state index contributed by atoms with van der Waals surface area (Å²) in [6.07, 6.45) is 0.389. The molecule has 0 aliphatic carbocycles. The molecule has 1 rings (SSSR count). The molecule has 0 radical (unpaired) electrons. The van der Waals surface area contributed by atoms with E-state index in [0.717, 1.165) is 18.2 Å². The van der Waals surface area contributed by atoms with Gasteiger partial charge in [0.2, 0.25) is 0 Å². The van der Waals surface area contributed by atoms with Gasteiger partial charge in [-0.15, -0.1) is 4.91 Å². The van der Waals surface area contributed by atoms with Gasteiger partial charge in [0, 0.05) is 5.56 Å². The summed E-state index contributed by atoms with van der Waals surface area (Å²) in [4.78, 5) is 20.1. The molecule has 3 nitrogen and oxygen atoms in total. The Labute approximate surface area is 61.8 Å². The Balaban J connectivity index is 3.26. The van der Waals surface area contributed by atoms with E-state index in [1.165, 1.54) is 0 Å². The molecular formula is C7H4FNO2. The van der Waals surface area contributed by atoms with Crippen molar-refractivity contribution in [1.82, 2.24) is 0 Å². The number of hydrogen-bond donors (Lipinski definition) is 0. The van der Waals surface area contributed by atoms with Crippen molar-refractivity contribution in [2.75, 3.05) is 0 Å². The molecule has 0 fully saturated rings. The number of aldehydes is 1. The minimum absolute atomic E-state index is 0.0278. The molecule has 0 bridgehead atoms. The summed E-state index contributed by atoms with van der Waals surface area (Å²) in [6, 6.07) is 3.19. The fraction of sp³-hybridized carbons (Fsp3) is 0. The van der Waals surface area contributed by atoms with Gasteiger partial charge in [-0.05, 0) is 23.4 Å². The maximum absolute atomic E-state index is 12.4. The smallest absolute Gasteiger partial charge is 0.152 e. The van der Waals surface area contributed by atoms with E-state index >= 15 is 0 Å². The average molecular weight is 153 g/mol. The highest BCUT2D eigenvalue weighted by Crippen LogP contribution is 2.17. The second-order valence-corrected chi connectivity index (χ2v) is 1.91. The zero-order valence-corrected chi connectivity index (χ0v) is 5.45. The molecule has 11 heavy (non-hydrogen) atoms. The first-order valence-electron chi connectivity index (χ1n) is 2.86. The lowest BCUT2D eigenvalue weighted by Gasteiger charge is -1.92. The summed E-state index contributed by atoms with van der Waals surface area (Å²) in [6.45, 7) is 0. The van der Waals surface area contributed by atoms with Crippen molar-refractivity contribution in [3.05, 3.63) is 34.5 Å². The summed E-state index contributed by atoms with van der Waals surface area (Å²) < 4.78 is 12.4. The summed E-state index contributed by atoms with van der Waals surface area (Å²) in [7, 11) is 0. The van der Waals surface area contributed by atoms with Gasteiger partial charge in [0.25, 0.3) is 0 Å². The number of hydrogen-bond acceptors (Lipinski definition) is 3. The van der Waals surface area contributed by atoms with Gasteiger partial charge in [0.1, 0.15) is 11.5 Å². The van der Waals surface area contributed by atoms with Gasteiger partial charge in [0.15, 0.2) is 6.29 Å². The first-order chi connectivity index (χ1) is 5.27. The predicted molar refractivity (Wildman–Crippen MR) is 37.2 cm³/mol. The Kier molecular flexibility index (Phi) is 2.06. The summed E-state index contributed by atoms with van der Waals surface area (Å²) in [5, 5.41) is 2.53. The topological polar surface area (TPSA) is 46.5 Å². The van der Waals surface area contributed by atoms with Crippen molar-refractivity contribution in [3.8, 4) is 0 Å². The minimum atomic E-state index is -0.556. The highest BCUT2D eigenvalue weighted by molar-refractivity contribution is 5.82. The fourth-order valence-corrected chi connectivity index (χ4v) is 0.703. The molecule has 4 heteroatoms. The van der Waals surface area contributed by atoms with Crippen LogP contribution in [0.5, 0.6) is 0 Å². The number of benzene rings is 1. The first-order valence-corrected chi connectivity index (χ1v) is 2.86. The zero-order valence-electron chi connectivity index (χ0n) is 5.45. The van der Waals surface area contributed by atoms with E-state index in [0.29, 0.717) is 6.29 Å². The number of nitrogens with zero attached hydrogens (tertiary/aromatic N) is 1. The molecule has 0 aromatic heterocycles. The molecule has 0 unspecified atom stereocenters. The Morgan fingerprint density at radius 1 is 1.45 bits per heavy atom. The maximum atomic E-state index is 12.4. The molecular weight excluding hydrogens is 149 g/mol. The van der Waals surface area contributed by atoms with E-state index < -0.39 is 5.82 Å². The SMILES string of the molecule is O=Cc1cc(F)ccc1N=O. The van der Waals surface area contributed by atoms with E-state index in [2.05, 4.69) is 5.18 Å². The van der Waals surface area contributed by atoms with Gasteiger partial charge in [-0.1, -0.05) is 0 Å². The lowest BCUT2D eigenvalue weighted by molar-refractivity contribution is 0.112. The van der Waals surface area contributed by atoms with Crippen LogP contribution < -0.4 is 0 Å². The Hall–Kier alpha value is -1.58. The second-order valence-electron chi connectivity index (χ2n) is 1.91. The van der Waals surface area contributed by atoms with Crippen LogP contribution in [0.15, 0.2) is 23.4 Å². The third kappa shape index (κ3) is 1.46. The monoisotopic (exact) mass is 153 g/mol. The van der Waals surface area contributed by atoms with Crippen LogP contribution in [0.25, 0.3) is 0 Å². The molecule has 1 aromatic rings. The molecule has 0 saturated heterocycles. The fourth-order valence-electron chi connectivity index (χ4n) is 0.703. The van der Waals surface area contributed by atoms with Crippen LogP contribution in [0.1, 0.15) is 10.4 Å². The van der Waals surface area contributed by atoms with Gasteiger partial charge >= 0.3 is 0 Å². The Bertz CT molecular complexity index is 298. The standard InChI is InChI=1S/C7H4FNO2/c8-6-1-2-7(9-11)5(3-6)4-10/h1-4H. The van der Waals surface area contributed by atoms with Crippen LogP contribution in [-0.2, 0) is 0 Å². The van der Waals surface area contributed by atoms with E-state index in [4.69, 9.17) is 0 Å². The molecule has 56 valence electrons. The second kappa shape index (κ2) is 3.01. The molecule has 0 aliphatic rings. The number of carbonyl (C=O) groups excluding carboxylic acids is 1. The van der Waals surface area contributed by atoms with Crippen molar-refractivity contribution < 1.29 is 9.18 Å². The third-order valence-electron chi connectivity index (χ3n) is 1.21. The van der Waals surface area contributed by atoms with Crippen LogP contribution in [0.4, 0.5) is 10.1 Å². The maximum Gasteiger partial charge on any atom is 0.152 e. The zero-order chi connectivity index (χ0) is 8.27. The predicted octanol–water partition coefficient (Wildman–Crippen LogP) is 2.04. The number of nitroso groups, excluding NO2 is 1. The number of rotatable bonds is 2. The molecule has 1 aromatic carbocycles. The molecule has 0 N–H and O–H groups in total. The van der Waals surface area contributed by atoms with Crippen LogP contribution in [0.2, 0.25) is 0 Å². The highest BCUT2D eigenvalue weighted by atomic mass is 19.1. The molecule has 0 saturated carbocycles. The van der Waals surface area contributed by atoms with Crippen molar-refractivity contribution in [2.45, 2.75) is 0 Å². The van der Waals surface area contributed by atoms with Gasteiger partial charge in [-0.25, -0.2) is 4.39 Å². The summed E-state index contributed by atoms with van der Waals surface area (Å²) in [5.41, 5.74) is -0.0681. The lowest BCUT2D eigenvalue weighted by atomic mass is 10.2. The Morgan fingerprint density at radius 2 is 2.18 bits per heavy atom. The lowest BCUT2D eigenvalue weighted by Crippen LogP contribution is -1.82. The van der Waals surface area contributed by atoms with Crippen molar-refractivity contribution in [3.63, 3.8) is 0 Å². The summed E-state index contributed by atoms with van der Waals surface area (Å²) in [5.74, 6) is -0.556. The van der Waals surface area contributed by atoms with Crippen molar-refractivity contribution >= 4 is 12.0 Å².